The van der Waals surface area contributed by atoms with Crippen molar-refractivity contribution < 1.29 is 32.2 Å². The Morgan fingerprint density at radius 1 is 0.929 bits per heavy atom. The van der Waals surface area contributed by atoms with Crippen LogP contribution in [0.15, 0.2) is 59.4 Å². The summed E-state index contributed by atoms with van der Waals surface area (Å²) >= 11 is 0. The van der Waals surface area contributed by atoms with Gasteiger partial charge in [0.05, 0.1) is 25.2 Å². The molecular formula is C31H38F3N3O5. The fourth-order valence-corrected chi connectivity index (χ4v) is 4.43. The number of H-pyrrole nitrogens is 1. The van der Waals surface area contributed by atoms with Gasteiger partial charge in [-0.1, -0.05) is 57.2 Å². The van der Waals surface area contributed by atoms with Crippen LogP contribution in [0.25, 0.3) is 10.9 Å². The molecule has 0 radical (unpaired) electrons. The molecule has 0 aliphatic heterocycles. The average molecular weight is 590 g/mol. The maximum Gasteiger partial charge on any atom is 0.491 e. The predicted molar refractivity (Wildman–Crippen MR) is 154 cm³/mol. The molecule has 1 aromatic heterocycles. The lowest BCUT2D eigenvalue weighted by Crippen LogP contribution is -2.42. The molecule has 0 unspecified atom stereocenters. The van der Waals surface area contributed by atoms with Gasteiger partial charge < -0.3 is 24.7 Å². The van der Waals surface area contributed by atoms with Crippen LogP contribution >= 0.6 is 0 Å². The number of nitrogens with zero attached hydrogens (tertiary/aromatic N) is 1. The van der Waals surface area contributed by atoms with Crippen molar-refractivity contribution in [3.8, 4) is 5.75 Å². The SMILES string of the molecule is CC(C)(C)CN(CCNCCc1ccc(OC(=O)C(F)(F)F)c2[nH]c(=O)ccc12)C(=O)CCOCCc1ccccc1. The van der Waals surface area contributed by atoms with E-state index in [9.17, 15) is 27.6 Å². The first-order chi connectivity index (χ1) is 19.8. The van der Waals surface area contributed by atoms with Crippen LogP contribution in [0, 0.1) is 5.41 Å². The minimum atomic E-state index is -5.17. The van der Waals surface area contributed by atoms with Gasteiger partial charge in [-0.3, -0.25) is 9.59 Å². The lowest BCUT2D eigenvalue weighted by Gasteiger charge is -2.30. The normalized spacial score (nSPS) is 12.0. The van der Waals surface area contributed by atoms with E-state index >= 15 is 0 Å². The molecule has 0 aliphatic rings. The van der Waals surface area contributed by atoms with E-state index in [1.165, 1.54) is 23.8 Å². The Hall–Kier alpha value is -3.70. The number of alkyl halides is 3. The highest BCUT2D eigenvalue weighted by atomic mass is 19.4. The number of fused-ring (bicyclic) bond motifs is 1. The van der Waals surface area contributed by atoms with E-state index < -0.39 is 17.7 Å². The Morgan fingerprint density at radius 3 is 2.36 bits per heavy atom. The summed E-state index contributed by atoms with van der Waals surface area (Å²) in [6.07, 6.45) is -3.60. The molecule has 8 nitrogen and oxygen atoms in total. The van der Waals surface area contributed by atoms with E-state index in [4.69, 9.17) is 4.74 Å². The average Bonchev–Trinajstić information content (AvgIpc) is 2.92. The lowest BCUT2D eigenvalue weighted by atomic mass is 9.96. The van der Waals surface area contributed by atoms with Crippen LogP contribution in [-0.4, -0.2) is 67.3 Å². The number of pyridine rings is 1. The summed E-state index contributed by atoms with van der Waals surface area (Å²) in [7, 11) is 0. The second-order valence-corrected chi connectivity index (χ2v) is 11.2. The number of benzene rings is 2. The Bertz CT molecular complexity index is 1380. The molecule has 3 aromatic rings. The lowest BCUT2D eigenvalue weighted by molar-refractivity contribution is -0.189. The third-order valence-corrected chi connectivity index (χ3v) is 6.37. The van der Waals surface area contributed by atoms with E-state index in [-0.39, 0.29) is 22.6 Å². The van der Waals surface area contributed by atoms with Crippen molar-refractivity contribution in [3.05, 3.63) is 76.1 Å². The van der Waals surface area contributed by atoms with Crippen LogP contribution in [-0.2, 0) is 27.2 Å². The molecule has 228 valence electrons. The summed E-state index contributed by atoms with van der Waals surface area (Å²) in [6.45, 7) is 9.25. The van der Waals surface area contributed by atoms with Gasteiger partial charge in [-0.15, -0.1) is 0 Å². The van der Waals surface area contributed by atoms with Gasteiger partial charge >= 0.3 is 12.1 Å². The standard InChI is InChI=1S/C31H38F3N3O5/c1-30(2,3)21-37(27(39)15-20-41-19-14-22-7-5-4-6-8-22)18-17-35-16-13-23-9-11-25(42-29(40)31(32,33)34)28-24(23)10-12-26(38)36-28/h4-12,35H,13-21H2,1-3H3,(H,36,38). The van der Waals surface area contributed by atoms with Crippen LogP contribution in [0.4, 0.5) is 13.2 Å². The van der Waals surface area contributed by atoms with Gasteiger partial charge in [-0.2, -0.15) is 13.2 Å². The van der Waals surface area contributed by atoms with Crippen molar-refractivity contribution in [1.29, 1.82) is 0 Å². The first-order valence-electron chi connectivity index (χ1n) is 13.9. The van der Waals surface area contributed by atoms with E-state index in [2.05, 4.69) is 35.8 Å². The molecule has 0 spiro atoms. The summed E-state index contributed by atoms with van der Waals surface area (Å²) in [6, 6.07) is 15.6. The maximum absolute atomic E-state index is 13.0. The predicted octanol–water partition coefficient (Wildman–Crippen LogP) is 4.65. The number of ether oxygens (including phenoxy) is 2. The van der Waals surface area contributed by atoms with Crippen molar-refractivity contribution >= 4 is 22.8 Å². The summed E-state index contributed by atoms with van der Waals surface area (Å²) in [5.74, 6) is -2.72. The number of halogens is 3. The number of hydrogen-bond donors (Lipinski definition) is 2. The van der Waals surface area contributed by atoms with Crippen LogP contribution < -0.4 is 15.6 Å². The molecule has 42 heavy (non-hydrogen) atoms. The number of carbonyl (C=O) groups excluding carboxylic acids is 2. The van der Waals surface area contributed by atoms with Gasteiger partial charge in [-0.25, -0.2) is 4.79 Å². The van der Waals surface area contributed by atoms with Crippen LogP contribution in [0.5, 0.6) is 5.75 Å². The van der Waals surface area contributed by atoms with Crippen LogP contribution in [0.1, 0.15) is 38.3 Å². The second kappa shape index (κ2) is 15.0. The molecule has 1 heterocycles. The molecule has 0 atom stereocenters. The highest BCUT2D eigenvalue weighted by Gasteiger charge is 2.41. The topological polar surface area (TPSA) is 101 Å². The molecule has 0 fully saturated rings. The molecule has 2 N–H and O–H groups in total. The number of nitrogens with one attached hydrogen (secondary N) is 2. The van der Waals surface area contributed by atoms with Gasteiger partial charge in [0.15, 0.2) is 5.75 Å². The molecule has 1 amide bonds. The van der Waals surface area contributed by atoms with Gasteiger partial charge in [0.25, 0.3) is 0 Å². The van der Waals surface area contributed by atoms with Gasteiger partial charge in [0.1, 0.15) is 0 Å². The summed E-state index contributed by atoms with van der Waals surface area (Å²) in [5.41, 5.74) is 1.33. The van der Waals surface area contributed by atoms with Gasteiger partial charge in [0.2, 0.25) is 11.5 Å². The molecule has 0 aliphatic carbocycles. The first-order valence-corrected chi connectivity index (χ1v) is 13.9. The Morgan fingerprint density at radius 2 is 1.67 bits per heavy atom. The monoisotopic (exact) mass is 589 g/mol. The van der Waals surface area contributed by atoms with Crippen molar-refractivity contribution in [2.75, 3.05) is 39.4 Å². The zero-order valence-corrected chi connectivity index (χ0v) is 24.2. The second-order valence-electron chi connectivity index (χ2n) is 11.2. The highest BCUT2D eigenvalue weighted by molar-refractivity contribution is 5.90. The number of aromatic nitrogens is 1. The number of carbonyl (C=O) groups is 2. The minimum Gasteiger partial charge on any atom is -0.418 e. The quantitative estimate of drug-likeness (QED) is 0.161. The number of amides is 1. The van der Waals surface area contributed by atoms with Gasteiger partial charge in [-0.05, 0) is 48.1 Å². The third-order valence-electron chi connectivity index (χ3n) is 6.37. The summed E-state index contributed by atoms with van der Waals surface area (Å²) in [4.78, 5) is 40.4. The van der Waals surface area contributed by atoms with Crippen LogP contribution in [0.3, 0.4) is 0 Å². The Balaban J connectivity index is 1.51. The summed E-state index contributed by atoms with van der Waals surface area (Å²) < 4.78 is 48.3. The summed E-state index contributed by atoms with van der Waals surface area (Å²) in [5, 5.41) is 3.78. The van der Waals surface area contributed by atoms with Gasteiger partial charge in [0, 0.05) is 31.1 Å². The van der Waals surface area contributed by atoms with Crippen molar-refractivity contribution in [3.63, 3.8) is 0 Å². The number of hydrogen-bond acceptors (Lipinski definition) is 6. The molecule has 11 heteroatoms. The largest absolute Gasteiger partial charge is 0.491 e. The molecule has 0 saturated heterocycles. The maximum atomic E-state index is 13.0. The molecule has 2 aromatic carbocycles. The fraction of sp³-hybridized carbons (Fsp3) is 0.452. The third kappa shape index (κ3) is 10.6. The number of rotatable bonds is 14. The zero-order valence-electron chi connectivity index (χ0n) is 24.2. The number of aromatic amines is 1. The van der Waals surface area contributed by atoms with Crippen molar-refractivity contribution in [1.82, 2.24) is 15.2 Å². The van der Waals surface area contributed by atoms with Crippen molar-refractivity contribution in [2.24, 2.45) is 5.41 Å². The molecule has 0 saturated carbocycles. The smallest absolute Gasteiger partial charge is 0.418 e. The van der Waals surface area contributed by atoms with Crippen molar-refractivity contribution in [2.45, 2.75) is 46.2 Å². The van der Waals surface area contributed by atoms with E-state index in [0.29, 0.717) is 57.6 Å². The Labute approximate surface area is 243 Å². The number of esters is 1. The first kappa shape index (κ1) is 32.8. The van der Waals surface area contributed by atoms with E-state index in [1.54, 1.807) is 6.07 Å². The highest BCUT2D eigenvalue weighted by Crippen LogP contribution is 2.28. The molecular weight excluding hydrogens is 551 g/mol. The molecule has 3 rings (SSSR count). The Kier molecular flexibility index (Phi) is 11.7. The van der Waals surface area contributed by atoms with Crippen LogP contribution in [0.2, 0.25) is 0 Å². The zero-order chi connectivity index (χ0) is 30.8. The molecule has 0 bridgehead atoms. The minimum absolute atomic E-state index is 0.0189. The van der Waals surface area contributed by atoms with E-state index in [0.717, 1.165) is 12.0 Å². The van der Waals surface area contributed by atoms with E-state index in [1.807, 2.05) is 35.2 Å². The fourth-order valence-electron chi connectivity index (χ4n) is 4.43.